The van der Waals surface area contributed by atoms with Gasteiger partial charge in [0.25, 0.3) is 5.91 Å². The summed E-state index contributed by atoms with van der Waals surface area (Å²) >= 11 is 0. The lowest BCUT2D eigenvalue weighted by atomic mass is 10.1. The van der Waals surface area contributed by atoms with E-state index in [-0.39, 0.29) is 24.4 Å². The molecule has 0 fully saturated rings. The maximum Gasteiger partial charge on any atom is 0.262 e. The normalized spacial score (nSPS) is 15.2. The Morgan fingerprint density at radius 3 is 2.76 bits per heavy atom. The number of rotatable bonds is 6. The summed E-state index contributed by atoms with van der Waals surface area (Å²) in [5.41, 5.74) is 1.61. The number of hydrogen-bond acceptors (Lipinski definition) is 4. The minimum Gasteiger partial charge on any atom is -0.492 e. The Labute approximate surface area is 145 Å². The van der Waals surface area contributed by atoms with E-state index in [1.165, 1.54) is 24.3 Å². The van der Waals surface area contributed by atoms with E-state index in [1.807, 2.05) is 19.9 Å². The zero-order chi connectivity index (χ0) is 17.8. The minimum absolute atomic E-state index is 0.109. The molecular formula is C19H20FNO4. The van der Waals surface area contributed by atoms with E-state index in [2.05, 4.69) is 5.32 Å². The smallest absolute Gasteiger partial charge is 0.262 e. The lowest BCUT2D eigenvalue weighted by Gasteiger charge is -2.14. The van der Waals surface area contributed by atoms with Crippen LogP contribution in [0.2, 0.25) is 0 Å². The van der Waals surface area contributed by atoms with Crippen molar-refractivity contribution in [3.63, 3.8) is 0 Å². The van der Waals surface area contributed by atoms with Gasteiger partial charge in [-0.05, 0) is 44.2 Å². The Bertz CT molecular complexity index is 761. The standard InChI is InChI=1S/C19H20FNO4/c1-3-23-18-9-13-8-12(2)25-17(13)10-16(18)21-19(22)11-24-15-6-4-14(20)5-7-15/h4-7,9-10,12H,3,8,11H2,1-2H3,(H,21,22)/t12-/m1/s1. The molecule has 0 spiro atoms. The van der Waals surface area contributed by atoms with Crippen LogP contribution in [0.4, 0.5) is 10.1 Å². The van der Waals surface area contributed by atoms with Crippen molar-refractivity contribution >= 4 is 11.6 Å². The Kier molecular flexibility index (Phi) is 5.07. The van der Waals surface area contributed by atoms with Crippen LogP contribution in [0, 0.1) is 5.82 Å². The highest BCUT2D eigenvalue weighted by atomic mass is 19.1. The number of anilines is 1. The number of carbonyl (C=O) groups is 1. The first kappa shape index (κ1) is 17.1. The number of hydrogen-bond donors (Lipinski definition) is 1. The average molecular weight is 345 g/mol. The van der Waals surface area contributed by atoms with Crippen molar-refractivity contribution in [1.82, 2.24) is 0 Å². The summed E-state index contributed by atoms with van der Waals surface area (Å²) in [5.74, 6) is 1.09. The molecule has 1 aliphatic rings. The molecule has 1 heterocycles. The second kappa shape index (κ2) is 7.42. The molecule has 2 aromatic rings. The first-order chi connectivity index (χ1) is 12.0. The van der Waals surface area contributed by atoms with E-state index in [0.717, 1.165) is 17.7 Å². The first-order valence-corrected chi connectivity index (χ1v) is 8.19. The molecule has 0 radical (unpaired) electrons. The number of halogens is 1. The third-order valence-electron chi connectivity index (χ3n) is 3.76. The monoisotopic (exact) mass is 345 g/mol. The van der Waals surface area contributed by atoms with Crippen molar-refractivity contribution in [3.8, 4) is 17.2 Å². The molecule has 0 aliphatic carbocycles. The third-order valence-corrected chi connectivity index (χ3v) is 3.76. The van der Waals surface area contributed by atoms with E-state index in [1.54, 1.807) is 6.07 Å². The molecule has 3 rings (SSSR count). The summed E-state index contributed by atoms with van der Waals surface area (Å²) < 4.78 is 29.6. The molecule has 1 amide bonds. The second-order valence-electron chi connectivity index (χ2n) is 5.81. The number of fused-ring (bicyclic) bond motifs is 1. The van der Waals surface area contributed by atoms with Gasteiger partial charge in [-0.25, -0.2) is 4.39 Å². The van der Waals surface area contributed by atoms with Crippen LogP contribution in [0.15, 0.2) is 36.4 Å². The topological polar surface area (TPSA) is 56.8 Å². The maximum absolute atomic E-state index is 12.9. The molecule has 5 nitrogen and oxygen atoms in total. The lowest BCUT2D eigenvalue weighted by Crippen LogP contribution is -2.20. The van der Waals surface area contributed by atoms with Crippen molar-refractivity contribution in [2.75, 3.05) is 18.5 Å². The summed E-state index contributed by atoms with van der Waals surface area (Å²) in [6.07, 6.45) is 0.925. The molecule has 2 aromatic carbocycles. The highest BCUT2D eigenvalue weighted by Gasteiger charge is 2.22. The quantitative estimate of drug-likeness (QED) is 0.870. The number of ether oxygens (including phenoxy) is 3. The van der Waals surface area contributed by atoms with Gasteiger partial charge in [0.05, 0.1) is 12.3 Å². The zero-order valence-electron chi connectivity index (χ0n) is 14.2. The zero-order valence-corrected chi connectivity index (χ0v) is 14.2. The number of benzene rings is 2. The maximum atomic E-state index is 12.9. The van der Waals surface area contributed by atoms with Gasteiger partial charge in [-0.15, -0.1) is 0 Å². The molecule has 0 saturated carbocycles. The molecular weight excluding hydrogens is 325 g/mol. The van der Waals surface area contributed by atoms with E-state index in [9.17, 15) is 9.18 Å². The van der Waals surface area contributed by atoms with Crippen LogP contribution in [0.1, 0.15) is 19.4 Å². The van der Waals surface area contributed by atoms with Crippen LogP contribution >= 0.6 is 0 Å². The van der Waals surface area contributed by atoms with Crippen molar-refractivity contribution in [1.29, 1.82) is 0 Å². The summed E-state index contributed by atoms with van der Waals surface area (Å²) in [4.78, 5) is 12.2. The summed E-state index contributed by atoms with van der Waals surface area (Å²) in [7, 11) is 0. The van der Waals surface area contributed by atoms with Crippen LogP contribution < -0.4 is 19.5 Å². The van der Waals surface area contributed by atoms with Gasteiger partial charge in [-0.1, -0.05) is 0 Å². The Hall–Kier alpha value is -2.76. The van der Waals surface area contributed by atoms with Crippen molar-refractivity contribution in [2.24, 2.45) is 0 Å². The molecule has 132 valence electrons. The first-order valence-electron chi connectivity index (χ1n) is 8.19. The second-order valence-corrected chi connectivity index (χ2v) is 5.81. The fraction of sp³-hybridized carbons (Fsp3) is 0.316. The van der Waals surface area contributed by atoms with Crippen molar-refractivity contribution in [3.05, 3.63) is 47.8 Å². The van der Waals surface area contributed by atoms with Gasteiger partial charge < -0.3 is 19.5 Å². The largest absolute Gasteiger partial charge is 0.492 e. The fourth-order valence-electron chi connectivity index (χ4n) is 2.68. The Morgan fingerprint density at radius 2 is 2.04 bits per heavy atom. The van der Waals surface area contributed by atoms with Crippen LogP contribution in [0.5, 0.6) is 17.2 Å². The molecule has 25 heavy (non-hydrogen) atoms. The molecule has 1 atom stereocenters. The van der Waals surface area contributed by atoms with Gasteiger partial charge in [0.1, 0.15) is 29.2 Å². The molecule has 1 aliphatic heterocycles. The minimum atomic E-state index is -0.356. The lowest BCUT2D eigenvalue weighted by molar-refractivity contribution is -0.118. The molecule has 0 saturated heterocycles. The molecule has 0 aromatic heterocycles. The number of carbonyl (C=O) groups excluding carboxylic acids is 1. The highest BCUT2D eigenvalue weighted by Crippen LogP contribution is 2.38. The van der Waals surface area contributed by atoms with Gasteiger partial charge in [-0.2, -0.15) is 0 Å². The number of nitrogens with one attached hydrogen (secondary N) is 1. The fourth-order valence-corrected chi connectivity index (χ4v) is 2.68. The van der Waals surface area contributed by atoms with Gasteiger partial charge >= 0.3 is 0 Å². The van der Waals surface area contributed by atoms with Gasteiger partial charge in [0.2, 0.25) is 0 Å². The van der Waals surface area contributed by atoms with E-state index < -0.39 is 0 Å². The van der Waals surface area contributed by atoms with Gasteiger partial charge in [0, 0.05) is 18.1 Å². The van der Waals surface area contributed by atoms with E-state index in [0.29, 0.717) is 23.8 Å². The van der Waals surface area contributed by atoms with Crippen LogP contribution in [-0.4, -0.2) is 25.2 Å². The molecule has 0 unspecified atom stereocenters. The van der Waals surface area contributed by atoms with E-state index in [4.69, 9.17) is 14.2 Å². The number of amides is 1. The predicted molar refractivity (Wildman–Crippen MR) is 91.9 cm³/mol. The van der Waals surface area contributed by atoms with E-state index >= 15 is 0 Å². The summed E-state index contributed by atoms with van der Waals surface area (Å²) in [5, 5.41) is 2.78. The Morgan fingerprint density at radius 1 is 1.28 bits per heavy atom. The van der Waals surface area contributed by atoms with Crippen molar-refractivity contribution < 1.29 is 23.4 Å². The predicted octanol–water partition coefficient (Wildman–Crippen LogP) is 3.57. The van der Waals surface area contributed by atoms with Gasteiger partial charge in [-0.3, -0.25) is 4.79 Å². The summed E-state index contributed by atoms with van der Waals surface area (Å²) in [6, 6.07) is 9.18. The van der Waals surface area contributed by atoms with Crippen LogP contribution in [0.25, 0.3) is 0 Å². The molecule has 1 N–H and O–H groups in total. The molecule has 0 bridgehead atoms. The SMILES string of the molecule is CCOc1cc2c(cc1NC(=O)COc1ccc(F)cc1)O[C@H](C)C2. The summed E-state index contributed by atoms with van der Waals surface area (Å²) in [6.45, 7) is 4.18. The van der Waals surface area contributed by atoms with Gasteiger partial charge in [0.15, 0.2) is 6.61 Å². The van der Waals surface area contributed by atoms with Crippen molar-refractivity contribution in [2.45, 2.75) is 26.4 Å². The molecule has 6 heteroatoms. The third kappa shape index (κ3) is 4.21. The highest BCUT2D eigenvalue weighted by molar-refractivity contribution is 5.93. The average Bonchev–Trinajstić information content (AvgIpc) is 2.94. The Balaban J connectivity index is 1.67. The van der Waals surface area contributed by atoms with Crippen LogP contribution in [0.3, 0.4) is 0 Å². The van der Waals surface area contributed by atoms with Crippen LogP contribution in [-0.2, 0) is 11.2 Å².